The molecule has 0 bridgehead atoms. The first-order valence-corrected chi connectivity index (χ1v) is 10.4. The van der Waals surface area contributed by atoms with Crippen molar-refractivity contribution in [1.82, 2.24) is 19.8 Å². The summed E-state index contributed by atoms with van der Waals surface area (Å²) in [4.78, 5) is 18.8. The Morgan fingerprint density at radius 1 is 1.17 bits per heavy atom. The van der Waals surface area contributed by atoms with Crippen LogP contribution < -0.4 is 5.32 Å². The van der Waals surface area contributed by atoms with Crippen molar-refractivity contribution in [3.05, 3.63) is 83.9 Å². The largest absolute Gasteiger partial charge is 0.465 e. The van der Waals surface area contributed by atoms with Gasteiger partial charge in [0.05, 0.1) is 24.4 Å². The maximum absolute atomic E-state index is 12.3. The van der Waals surface area contributed by atoms with Gasteiger partial charge in [-0.15, -0.1) is 0 Å². The van der Waals surface area contributed by atoms with Gasteiger partial charge in [0.15, 0.2) is 5.11 Å². The second kappa shape index (κ2) is 8.67. The molecule has 0 saturated carbocycles. The van der Waals surface area contributed by atoms with Crippen LogP contribution in [0.2, 0.25) is 0 Å². The van der Waals surface area contributed by atoms with Gasteiger partial charge in [-0.2, -0.15) is 0 Å². The number of carbonyl (C=O) groups excluding carboxylic acids is 1. The van der Waals surface area contributed by atoms with E-state index in [1.807, 2.05) is 35.4 Å². The minimum absolute atomic E-state index is 0.0761. The van der Waals surface area contributed by atoms with Crippen molar-refractivity contribution in [2.45, 2.75) is 25.9 Å². The van der Waals surface area contributed by atoms with Gasteiger partial charge in [0.2, 0.25) is 0 Å². The van der Waals surface area contributed by atoms with Crippen molar-refractivity contribution >= 4 is 23.3 Å². The number of rotatable bonds is 6. The van der Waals surface area contributed by atoms with Crippen molar-refractivity contribution in [2.75, 3.05) is 13.2 Å². The number of pyridine rings is 1. The van der Waals surface area contributed by atoms with Gasteiger partial charge in [-0.3, -0.25) is 9.78 Å². The Kier molecular flexibility index (Phi) is 5.81. The maximum atomic E-state index is 12.3. The lowest BCUT2D eigenvalue weighted by Gasteiger charge is -2.28. The summed E-state index contributed by atoms with van der Waals surface area (Å²) in [5, 5.41) is 3.88. The fraction of sp³-hybridized carbons (Fsp3) is 0.261. The number of aryl methyl sites for hydroxylation is 1. The summed E-state index contributed by atoms with van der Waals surface area (Å²) in [5.41, 5.74) is 4.14. The average molecular weight is 421 g/mol. The van der Waals surface area contributed by atoms with Crippen LogP contribution in [0.25, 0.3) is 5.69 Å². The summed E-state index contributed by atoms with van der Waals surface area (Å²) in [6.45, 7) is 4.28. The molecule has 3 heterocycles. The molecule has 2 aromatic heterocycles. The lowest BCUT2D eigenvalue weighted by Crippen LogP contribution is -2.36. The second-order valence-electron chi connectivity index (χ2n) is 7.20. The molecule has 0 aliphatic carbocycles. The Morgan fingerprint density at radius 2 is 1.97 bits per heavy atom. The Hall–Kier alpha value is -3.19. The van der Waals surface area contributed by atoms with E-state index in [0.717, 1.165) is 17.1 Å². The molecule has 1 saturated heterocycles. The third-order valence-electron chi connectivity index (χ3n) is 5.20. The Labute approximate surface area is 181 Å². The monoisotopic (exact) mass is 420 g/mol. The molecule has 0 unspecified atom stereocenters. The molecule has 6 nitrogen and oxygen atoms in total. The molecule has 0 spiro atoms. The Balaban J connectivity index is 1.77. The number of carbonyl (C=O) groups is 1. The molecule has 1 aliphatic rings. The van der Waals surface area contributed by atoms with E-state index in [1.165, 1.54) is 5.56 Å². The van der Waals surface area contributed by atoms with Crippen molar-refractivity contribution in [3.8, 4) is 5.69 Å². The van der Waals surface area contributed by atoms with Crippen LogP contribution in [-0.2, 0) is 9.53 Å². The molecule has 4 rings (SSSR count). The predicted molar refractivity (Wildman–Crippen MR) is 119 cm³/mol. The molecule has 1 N–H and O–H groups in total. The minimum atomic E-state index is -0.304. The zero-order valence-corrected chi connectivity index (χ0v) is 17.8. The topological polar surface area (TPSA) is 59.4 Å². The fourth-order valence-corrected chi connectivity index (χ4v) is 4.12. The molecule has 0 radical (unpaired) electrons. The highest BCUT2D eigenvalue weighted by molar-refractivity contribution is 7.80. The number of hydrogen-bond donors (Lipinski definition) is 1. The summed E-state index contributed by atoms with van der Waals surface area (Å²) in [6, 6.07) is 17.8. The Bertz CT molecular complexity index is 1030. The van der Waals surface area contributed by atoms with Gasteiger partial charge in [0.25, 0.3) is 0 Å². The SMILES string of the molecule is CCOC(=O)CN1C(=S)N[C@@H](c2ccccn2)[C@H]1c1cccn1-c1ccc(C)cc1. The lowest BCUT2D eigenvalue weighted by molar-refractivity contribution is -0.143. The smallest absolute Gasteiger partial charge is 0.325 e. The first-order chi connectivity index (χ1) is 14.6. The number of hydrogen-bond acceptors (Lipinski definition) is 4. The average Bonchev–Trinajstić information content (AvgIpc) is 3.34. The molecule has 30 heavy (non-hydrogen) atoms. The second-order valence-corrected chi connectivity index (χ2v) is 7.58. The highest BCUT2D eigenvalue weighted by atomic mass is 32.1. The molecule has 1 aliphatic heterocycles. The molecular weight excluding hydrogens is 396 g/mol. The van der Waals surface area contributed by atoms with E-state index in [1.54, 1.807) is 13.1 Å². The van der Waals surface area contributed by atoms with Crippen LogP contribution in [0.3, 0.4) is 0 Å². The normalized spacial score (nSPS) is 18.3. The summed E-state index contributed by atoms with van der Waals surface area (Å²) < 4.78 is 7.33. The van der Waals surface area contributed by atoms with Gasteiger partial charge >= 0.3 is 5.97 Å². The number of nitrogens with one attached hydrogen (secondary N) is 1. The summed E-state index contributed by atoms with van der Waals surface area (Å²) >= 11 is 5.62. The number of thiocarbonyl (C=S) groups is 1. The van der Waals surface area contributed by atoms with E-state index in [4.69, 9.17) is 17.0 Å². The molecule has 1 aromatic carbocycles. The van der Waals surface area contributed by atoms with Crippen molar-refractivity contribution in [1.29, 1.82) is 0 Å². The molecule has 0 amide bonds. The summed E-state index contributed by atoms with van der Waals surface area (Å²) in [6.07, 6.45) is 3.80. The standard InChI is InChI=1S/C23H24N4O2S/c1-3-29-20(28)15-27-22(21(25-23(27)30)18-7-4-5-13-24-18)19-8-6-14-26(19)17-11-9-16(2)10-12-17/h4-14,21-22H,3,15H2,1-2H3,(H,25,30)/t21-,22+/m0/s1. The number of esters is 1. The first-order valence-electron chi connectivity index (χ1n) is 9.96. The van der Waals surface area contributed by atoms with Crippen LogP contribution >= 0.6 is 12.2 Å². The number of ether oxygens (including phenoxy) is 1. The number of nitrogens with zero attached hydrogens (tertiary/aromatic N) is 3. The van der Waals surface area contributed by atoms with Crippen LogP contribution in [0.15, 0.2) is 67.0 Å². The predicted octanol–water partition coefficient (Wildman–Crippen LogP) is 3.72. The molecule has 2 atom stereocenters. The van der Waals surface area contributed by atoms with Crippen LogP contribution in [-0.4, -0.2) is 38.7 Å². The summed E-state index contributed by atoms with van der Waals surface area (Å²) in [5.74, 6) is -0.304. The maximum Gasteiger partial charge on any atom is 0.325 e. The summed E-state index contributed by atoms with van der Waals surface area (Å²) in [7, 11) is 0. The van der Waals surface area contributed by atoms with E-state index < -0.39 is 0 Å². The van der Waals surface area contributed by atoms with E-state index in [2.05, 4.69) is 52.1 Å². The van der Waals surface area contributed by atoms with Crippen LogP contribution in [0.5, 0.6) is 0 Å². The Morgan fingerprint density at radius 3 is 2.67 bits per heavy atom. The molecule has 3 aromatic rings. The van der Waals surface area contributed by atoms with Gasteiger partial charge in [0, 0.05) is 23.8 Å². The number of benzene rings is 1. The molecule has 154 valence electrons. The van der Waals surface area contributed by atoms with E-state index in [0.29, 0.717) is 11.7 Å². The van der Waals surface area contributed by atoms with Gasteiger partial charge in [0.1, 0.15) is 6.54 Å². The fourth-order valence-electron chi connectivity index (χ4n) is 3.82. The minimum Gasteiger partial charge on any atom is -0.465 e. The third-order valence-corrected chi connectivity index (χ3v) is 5.55. The van der Waals surface area contributed by atoms with Crippen molar-refractivity contribution in [2.24, 2.45) is 0 Å². The van der Waals surface area contributed by atoms with Gasteiger partial charge < -0.3 is 19.5 Å². The highest BCUT2D eigenvalue weighted by Gasteiger charge is 2.42. The van der Waals surface area contributed by atoms with Gasteiger partial charge in [-0.05, 0) is 62.5 Å². The van der Waals surface area contributed by atoms with Crippen molar-refractivity contribution < 1.29 is 9.53 Å². The van der Waals surface area contributed by atoms with Crippen LogP contribution in [0.1, 0.15) is 36.0 Å². The lowest BCUT2D eigenvalue weighted by atomic mass is 10.0. The van der Waals surface area contributed by atoms with E-state index in [9.17, 15) is 4.79 Å². The number of aromatic nitrogens is 2. The van der Waals surface area contributed by atoms with Crippen molar-refractivity contribution in [3.63, 3.8) is 0 Å². The van der Waals surface area contributed by atoms with E-state index >= 15 is 0 Å². The van der Waals surface area contributed by atoms with Crippen LogP contribution in [0.4, 0.5) is 0 Å². The molecule has 1 fully saturated rings. The zero-order chi connectivity index (χ0) is 21.1. The third kappa shape index (κ3) is 3.93. The van der Waals surface area contributed by atoms with Gasteiger partial charge in [-0.1, -0.05) is 23.8 Å². The molecule has 7 heteroatoms. The first kappa shape index (κ1) is 20.1. The quantitative estimate of drug-likeness (QED) is 0.485. The highest BCUT2D eigenvalue weighted by Crippen LogP contribution is 2.39. The van der Waals surface area contributed by atoms with E-state index in [-0.39, 0.29) is 24.6 Å². The van der Waals surface area contributed by atoms with Crippen LogP contribution in [0, 0.1) is 6.92 Å². The molecular formula is C23H24N4O2S. The zero-order valence-electron chi connectivity index (χ0n) is 17.0. The van der Waals surface area contributed by atoms with Gasteiger partial charge in [-0.25, -0.2) is 0 Å².